The smallest absolute Gasteiger partial charge is 0.143 e. The first-order valence-electron chi connectivity index (χ1n) is 19.8. The highest BCUT2D eigenvalue weighted by Gasteiger charge is 2.42. The Morgan fingerprint density at radius 1 is 0.386 bits per heavy atom. The molecule has 0 bridgehead atoms. The van der Waals surface area contributed by atoms with Gasteiger partial charge in [-0.3, -0.25) is 0 Å². The maximum Gasteiger partial charge on any atom is 0.143 e. The van der Waals surface area contributed by atoms with E-state index in [1.165, 1.54) is 66.4 Å². The zero-order chi connectivity index (χ0) is 38.1. The van der Waals surface area contributed by atoms with Crippen LogP contribution in [0.15, 0.2) is 205 Å². The van der Waals surface area contributed by atoms with Crippen molar-refractivity contribution in [2.45, 2.75) is 19.3 Å². The molecule has 0 fully saturated rings. The average molecular weight is 730 g/mol. The highest BCUT2D eigenvalue weighted by molar-refractivity contribution is 6.23. The van der Waals surface area contributed by atoms with Crippen LogP contribution >= 0.6 is 0 Å². The fourth-order valence-corrected chi connectivity index (χ4v) is 9.46. The molecule has 2 heteroatoms. The highest BCUT2D eigenvalue weighted by Crippen LogP contribution is 2.59. The van der Waals surface area contributed by atoms with Gasteiger partial charge in [-0.05, 0) is 103 Å². The molecule has 0 saturated heterocycles. The number of fused-ring (bicyclic) bond motifs is 10. The first-order chi connectivity index (χ1) is 28.0. The van der Waals surface area contributed by atoms with E-state index in [1.54, 1.807) is 0 Å². The third-order valence-corrected chi connectivity index (χ3v) is 12.0. The minimum absolute atomic E-state index is 0.331. The van der Waals surface area contributed by atoms with Gasteiger partial charge in [0.25, 0.3) is 0 Å². The van der Waals surface area contributed by atoms with Crippen molar-refractivity contribution in [2.75, 3.05) is 4.90 Å². The van der Waals surface area contributed by atoms with Gasteiger partial charge in [-0.15, -0.1) is 0 Å². The number of para-hydroxylation sites is 1. The van der Waals surface area contributed by atoms with Gasteiger partial charge >= 0.3 is 0 Å². The van der Waals surface area contributed by atoms with Crippen molar-refractivity contribution in [3.8, 4) is 44.5 Å². The van der Waals surface area contributed by atoms with Crippen LogP contribution in [-0.4, -0.2) is 0 Å². The number of nitrogens with zero attached hydrogens (tertiary/aromatic N) is 1. The van der Waals surface area contributed by atoms with Gasteiger partial charge in [-0.1, -0.05) is 172 Å². The van der Waals surface area contributed by atoms with Gasteiger partial charge in [-0.2, -0.15) is 0 Å². The average Bonchev–Trinajstić information content (AvgIpc) is 3.77. The topological polar surface area (TPSA) is 16.4 Å². The molecule has 1 aliphatic rings. The van der Waals surface area contributed by atoms with Crippen LogP contribution in [0.25, 0.3) is 77.2 Å². The van der Waals surface area contributed by atoms with E-state index in [2.05, 4.69) is 219 Å². The van der Waals surface area contributed by atoms with E-state index < -0.39 is 0 Å². The van der Waals surface area contributed by atoms with Crippen molar-refractivity contribution >= 4 is 49.8 Å². The van der Waals surface area contributed by atoms with E-state index in [9.17, 15) is 0 Å². The maximum absolute atomic E-state index is 6.75. The van der Waals surface area contributed by atoms with Crippen molar-refractivity contribution in [1.29, 1.82) is 0 Å². The molecule has 2 nitrogen and oxygen atoms in total. The summed E-state index contributed by atoms with van der Waals surface area (Å²) >= 11 is 0. The Kier molecular flexibility index (Phi) is 7.55. The van der Waals surface area contributed by atoms with Crippen LogP contribution in [0.2, 0.25) is 0 Å². The molecular formula is C55H39NO. The number of hydrogen-bond donors (Lipinski definition) is 0. The Bertz CT molecular complexity index is 3020. The van der Waals surface area contributed by atoms with E-state index in [0.29, 0.717) is 0 Å². The largest absolute Gasteiger partial charge is 0.455 e. The molecule has 0 unspecified atom stereocenters. The summed E-state index contributed by atoms with van der Waals surface area (Å²) in [6, 6.07) is 72.4. The van der Waals surface area contributed by atoms with E-state index in [1.807, 2.05) is 0 Å². The molecule has 10 aromatic rings. The van der Waals surface area contributed by atoms with Crippen molar-refractivity contribution in [1.82, 2.24) is 0 Å². The first kappa shape index (κ1) is 33.2. The number of hydrogen-bond acceptors (Lipinski definition) is 2. The molecule has 9 aromatic carbocycles. The lowest BCUT2D eigenvalue weighted by Gasteiger charge is -2.30. The molecule has 57 heavy (non-hydrogen) atoms. The lowest BCUT2D eigenvalue weighted by Crippen LogP contribution is -2.17. The molecule has 0 N–H and O–H groups in total. The second kappa shape index (κ2) is 13.0. The molecule has 0 saturated carbocycles. The Balaban J connectivity index is 1.20. The Morgan fingerprint density at radius 3 is 1.42 bits per heavy atom. The van der Waals surface area contributed by atoms with E-state index in [4.69, 9.17) is 4.42 Å². The predicted octanol–water partition coefficient (Wildman–Crippen LogP) is 15.5. The molecule has 1 heterocycles. The Labute approximate surface area is 332 Å². The zero-order valence-electron chi connectivity index (χ0n) is 31.9. The number of rotatable bonds is 6. The lowest BCUT2D eigenvalue weighted by molar-refractivity contribution is 0.660. The lowest BCUT2D eigenvalue weighted by atomic mass is 9.77. The summed E-state index contributed by atoms with van der Waals surface area (Å²) in [7, 11) is 0. The highest BCUT2D eigenvalue weighted by atomic mass is 16.3. The number of furan rings is 1. The minimum Gasteiger partial charge on any atom is -0.455 e. The Hall–Kier alpha value is -7.16. The van der Waals surface area contributed by atoms with E-state index in [-0.39, 0.29) is 5.41 Å². The molecule has 0 amide bonds. The normalized spacial score (nSPS) is 12.9. The van der Waals surface area contributed by atoms with Crippen molar-refractivity contribution in [3.05, 3.63) is 211 Å². The SMILES string of the molecule is CC1(C)c2c(-c3ccccc3)cc(N(c3ccc(-c4ccccc4)cc3)c3ccc(-c4ccccc4)cc3)cc2-c2c1c1c3ccccc3oc1c1ccccc21. The van der Waals surface area contributed by atoms with Gasteiger partial charge in [0.1, 0.15) is 11.2 Å². The summed E-state index contributed by atoms with van der Waals surface area (Å²) in [6.07, 6.45) is 0. The van der Waals surface area contributed by atoms with Gasteiger partial charge in [0.2, 0.25) is 0 Å². The summed E-state index contributed by atoms with van der Waals surface area (Å²) in [5.74, 6) is 0. The Morgan fingerprint density at radius 2 is 0.842 bits per heavy atom. The van der Waals surface area contributed by atoms with Crippen LogP contribution in [0.1, 0.15) is 25.0 Å². The summed E-state index contributed by atoms with van der Waals surface area (Å²) in [4.78, 5) is 2.43. The van der Waals surface area contributed by atoms with Crippen molar-refractivity contribution in [3.63, 3.8) is 0 Å². The third kappa shape index (κ3) is 5.25. The number of benzene rings is 9. The number of anilines is 3. The van der Waals surface area contributed by atoms with Gasteiger partial charge in [0.15, 0.2) is 0 Å². The molecular weight excluding hydrogens is 691 g/mol. The molecule has 0 spiro atoms. The molecule has 0 aliphatic heterocycles. The van der Waals surface area contributed by atoms with Crippen LogP contribution in [0, 0.1) is 0 Å². The summed E-state index contributed by atoms with van der Waals surface area (Å²) in [5.41, 5.74) is 17.3. The fraction of sp³-hybridized carbons (Fsp3) is 0.0545. The zero-order valence-corrected chi connectivity index (χ0v) is 31.9. The fourth-order valence-electron chi connectivity index (χ4n) is 9.46. The first-order valence-corrected chi connectivity index (χ1v) is 19.8. The second-order valence-electron chi connectivity index (χ2n) is 15.7. The standard InChI is InChI=1S/C55H39NO/c1-55(2)52-47(40-20-10-5-11-21-40)34-43(35-48(52)50-44-22-12-13-23-45(44)54-51(53(50)55)46-24-14-15-25-49(46)57-54)56(41-30-26-38(27-31-41)36-16-6-3-7-17-36)42-32-28-39(29-33-42)37-18-8-4-9-19-37/h3-35H,1-2H3. The van der Waals surface area contributed by atoms with Crippen LogP contribution in [-0.2, 0) is 5.41 Å². The van der Waals surface area contributed by atoms with E-state index >= 15 is 0 Å². The van der Waals surface area contributed by atoms with Crippen molar-refractivity contribution in [2.24, 2.45) is 0 Å². The second-order valence-corrected chi connectivity index (χ2v) is 15.7. The monoisotopic (exact) mass is 729 g/mol. The van der Waals surface area contributed by atoms with Crippen LogP contribution in [0.3, 0.4) is 0 Å². The summed E-state index contributed by atoms with van der Waals surface area (Å²) in [5, 5.41) is 4.73. The molecule has 0 radical (unpaired) electrons. The van der Waals surface area contributed by atoms with Crippen LogP contribution in [0.5, 0.6) is 0 Å². The molecule has 1 aliphatic carbocycles. The van der Waals surface area contributed by atoms with Gasteiger partial charge in [0, 0.05) is 38.6 Å². The molecule has 11 rings (SSSR count). The van der Waals surface area contributed by atoms with Crippen LogP contribution < -0.4 is 4.90 Å². The molecule has 270 valence electrons. The maximum atomic E-state index is 6.75. The summed E-state index contributed by atoms with van der Waals surface area (Å²) in [6.45, 7) is 4.81. The van der Waals surface area contributed by atoms with Crippen LogP contribution in [0.4, 0.5) is 17.1 Å². The molecule has 0 atom stereocenters. The minimum atomic E-state index is -0.331. The van der Waals surface area contributed by atoms with Gasteiger partial charge in [-0.25, -0.2) is 0 Å². The van der Waals surface area contributed by atoms with Crippen molar-refractivity contribution < 1.29 is 4.42 Å². The van der Waals surface area contributed by atoms with Gasteiger partial charge < -0.3 is 9.32 Å². The predicted molar refractivity (Wildman–Crippen MR) is 240 cm³/mol. The third-order valence-electron chi connectivity index (χ3n) is 12.0. The molecule has 1 aromatic heterocycles. The quantitative estimate of drug-likeness (QED) is 0.169. The van der Waals surface area contributed by atoms with E-state index in [0.717, 1.165) is 39.0 Å². The van der Waals surface area contributed by atoms with Gasteiger partial charge in [0.05, 0.1) is 0 Å². The summed E-state index contributed by atoms with van der Waals surface area (Å²) < 4.78 is 6.75.